The van der Waals surface area contributed by atoms with Gasteiger partial charge in [0.05, 0.1) is 7.11 Å². The van der Waals surface area contributed by atoms with Crippen LogP contribution in [0, 0.1) is 13.8 Å². The van der Waals surface area contributed by atoms with Crippen molar-refractivity contribution in [2.24, 2.45) is 0 Å². The lowest BCUT2D eigenvalue weighted by atomic mass is 9.96. The number of rotatable bonds is 5. The number of nitrogens with zero attached hydrogens (tertiary/aromatic N) is 1. The maximum Gasteiger partial charge on any atom is 0.122 e. The zero-order chi connectivity index (χ0) is 13.9. The molecule has 0 aliphatic heterocycles. The summed E-state index contributed by atoms with van der Waals surface area (Å²) in [5.74, 6) is 0.921. The Kier molecular flexibility index (Phi) is 4.63. The summed E-state index contributed by atoms with van der Waals surface area (Å²) < 4.78 is 5.34. The molecule has 0 bridgehead atoms. The first-order valence-corrected chi connectivity index (χ1v) is 6.33. The molecule has 0 saturated heterocycles. The maximum absolute atomic E-state index is 9.16. The van der Waals surface area contributed by atoms with Gasteiger partial charge in [-0.15, -0.1) is 0 Å². The van der Waals surface area contributed by atoms with Crippen molar-refractivity contribution >= 4 is 5.69 Å². The molecule has 0 aromatic heterocycles. The van der Waals surface area contributed by atoms with E-state index in [0.29, 0.717) is 0 Å². The molecule has 3 nitrogen and oxygen atoms in total. The summed E-state index contributed by atoms with van der Waals surface area (Å²) in [6, 6.07) is 4.21. The highest BCUT2D eigenvalue weighted by molar-refractivity contribution is 5.59. The number of aryl methyl sites for hydroxylation is 2. The Bertz CT molecular complexity index is 413. The minimum atomic E-state index is -0.0689. The van der Waals surface area contributed by atoms with Gasteiger partial charge in [-0.2, -0.15) is 0 Å². The van der Waals surface area contributed by atoms with Gasteiger partial charge in [0.15, 0.2) is 0 Å². The SMILES string of the molecule is COc1cc(C)c(N(C)C(C)(C)CCO)cc1C. The van der Waals surface area contributed by atoms with Crippen LogP contribution < -0.4 is 9.64 Å². The molecule has 0 aliphatic carbocycles. The molecule has 0 radical (unpaired) electrons. The van der Waals surface area contributed by atoms with Crippen molar-refractivity contribution in [3.63, 3.8) is 0 Å². The Labute approximate surface area is 110 Å². The quantitative estimate of drug-likeness (QED) is 0.873. The first-order chi connectivity index (χ1) is 8.33. The average molecular weight is 251 g/mol. The summed E-state index contributed by atoms with van der Waals surface area (Å²) >= 11 is 0. The van der Waals surface area contributed by atoms with Crippen molar-refractivity contribution in [2.45, 2.75) is 39.7 Å². The largest absolute Gasteiger partial charge is 0.496 e. The summed E-state index contributed by atoms with van der Waals surface area (Å²) in [6.07, 6.45) is 0.744. The van der Waals surface area contributed by atoms with Gasteiger partial charge in [-0.25, -0.2) is 0 Å². The fourth-order valence-electron chi connectivity index (χ4n) is 2.12. The van der Waals surface area contributed by atoms with Gasteiger partial charge in [-0.1, -0.05) is 0 Å². The van der Waals surface area contributed by atoms with E-state index in [-0.39, 0.29) is 12.1 Å². The zero-order valence-corrected chi connectivity index (χ0v) is 12.4. The summed E-state index contributed by atoms with van der Waals surface area (Å²) in [6.45, 7) is 8.62. The molecular weight excluding hydrogens is 226 g/mol. The van der Waals surface area contributed by atoms with E-state index in [9.17, 15) is 0 Å². The van der Waals surface area contributed by atoms with Crippen molar-refractivity contribution < 1.29 is 9.84 Å². The summed E-state index contributed by atoms with van der Waals surface area (Å²) in [5, 5.41) is 9.16. The highest BCUT2D eigenvalue weighted by Crippen LogP contribution is 2.32. The first kappa shape index (κ1) is 14.8. The predicted molar refractivity (Wildman–Crippen MR) is 76.7 cm³/mol. The molecular formula is C15H25NO2. The van der Waals surface area contributed by atoms with E-state index in [2.05, 4.69) is 51.8 Å². The van der Waals surface area contributed by atoms with E-state index in [1.54, 1.807) is 7.11 Å². The monoisotopic (exact) mass is 251 g/mol. The highest BCUT2D eigenvalue weighted by atomic mass is 16.5. The van der Waals surface area contributed by atoms with E-state index >= 15 is 0 Å². The third kappa shape index (κ3) is 2.96. The molecule has 1 aromatic rings. The Morgan fingerprint density at radius 2 is 1.83 bits per heavy atom. The van der Waals surface area contributed by atoms with Gasteiger partial charge in [0.1, 0.15) is 5.75 Å². The van der Waals surface area contributed by atoms with E-state index in [1.165, 1.54) is 11.3 Å². The predicted octanol–water partition coefficient (Wildman–Crippen LogP) is 2.91. The third-order valence-electron chi connectivity index (χ3n) is 3.71. The maximum atomic E-state index is 9.16. The van der Waals surface area contributed by atoms with E-state index in [0.717, 1.165) is 17.7 Å². The van der Waals surface area contributed by atoms with Gasteiger partial charge < -0.3 is 14.7 Å². The lowest BCUT2D eigenvalue weighted by Gasteiger charge is -2.38. The second kappa shape index (κ2) is 5.61. The molecule has 102 valence electrons. The molecule has 0 aliphatic rings. The van der Waals surface area contributed by atoms with Crippen LogP contribution in [0.3, 0.4) is 0 Å². The molecule has 0 fully saturated rings. The van der Waals surface area contributed by atoms with Gasteiger partial charge in [-0.05, 0) is 57.4 Å². The lowest BCUT2D eigenvalue weighted by molar-refractivity contribution is 0.250. The smallest absolute Gasteiger partial charge is 0.122 e. The third-order valence-corrected chi connectivity index (χ3v) is 3.71. The van der Waals surface area contributed by atoms with Gasteiger partial charge in [-0.3, -0.25) is 0 Å². The number of anilines is 1. The Hall–Kier alpha value is -1.22. The van der Waals surface area contributed by atoms with E-state index in [4.69, 9.17) is 9.84 Å². The number of hydrogen-bond donors (Lipinski definition) is 1. The van der Waals surface area contributed by atoms with Crippen LogP contribution in [0.25, 0.3) is 0 Å². The fraction of sp³-hybridized carbons (Fsp3) is 0.600. The number of hydrogen-bond acceptors (Lipinski definition) is 3. The average Bonchev–Trinajstić information content (AvgIpc) is 2.30. The van der Waals surface area contributed by atoms with Crippen molar-refractivity contribution in [1.82, 2.24) is 0 Å². The molecule has 0 atom stereocenters. The molecule has 0 heterocycles. The van der Waals surface area contributed by atoms with Gasteiger partial charge >= 0.3 is 0 Å². The standard InChI is InChI=1S/C15H25NO2/c1-11-10-14(18-6)12(2)9-13(11)16(5)15(3,4)7-8-17/h9-10,17H,7-8H2,1-6H3. The van der Waals surface area contributed by atoms with Gasteiger partial charge in [0.2, 0.25) is 0 Å². The molecule has 1 aromatic carbocycles. The Morgan fingerprint density at radius 1 is 1.22 bits per heavy atom. The number of aliphatic hydroxyl groups excluding tert-OH is 1. The molecule has 1 N–H and O–H groups in total. The molecule has 0 saturated carbocycles. The number of benzene rings is 1. The minimum Gasteiger partial charge on any atom is -0.496 e. The highest BCUT2D eigenvalue weighted by Gasteiger charge is 2.24. The lowest BCUT2D eigenvalue weighted by Crippen LogP contribution is -2.42. The van der Waals surface area contributed by atoms with Crippen LogP contribution in [-0.2, 0) is 0 Å². The van der Waals surface area contributed by atoms with Crippen LogP contribution in [0.1, 0.15) is 31.4 Å². The van der Waals surface area contributed by atoms with Crippen LogP contribution >= 0.6 is 0 Å². The summed E-state index contributed by atoms with van der Waals surface area (Å²) in [4.78, 5) is 2.23. The van der Waals surface area contributed by atoms with Gasteiger partial charge in [0, 0.05) is 24.9 Å². The van der Waals surface area contributed by atoms with E-state index < -0.39 is 0 Å². The van der Waals surface area contributed by atoms with Crippen molar-refractivity contribution in [3.8, 4) is 5.75 Å². The summed E-state index contributed by atoms with van der Waals surface area (Å²) in [7, 11) is 3.77. The van der Waals surface area contributed by atoms with Crippen molar-refractivity contribution in [3.05, 3.63) is 23.3 Å². The molecule has 0 unspecified atom stereocenters. The Morgan fingerprint density at radius 3 is 2.33 bits per heavy atom. The molecule has 0 spiro atoms. The van der Waals surface area contributed by atoms with Gasteiger partial charge in [0.25, 0.3) is 0 Å². The second-order valence-electron chi connectivity index (χ2n) is 5.45. The number of aliphatic hydroxyl groups is 1. The van der Waals surface area contributed by atoms with Crippen molar-refractivity contribution in [1.29, 1.82) is 0 Å². The molecule has 1 rings (SSSR count). The molecule has 18 heavy (non-hydrogen) atoms. The first-order valence-electron chi connectivity index (χ1n) is 6.33. The van der Waals surface area contributed by atoms with Crippen LogP contribution in [0.4, 0.5) is 5.69 Å². The zero-order valence-electron chi connectivity index (χ0n) is 12.4. The van der Waals surface area contributed by atoms with Crippen LogP contribution in [0.5, 0.6) is 5.75 Å². The van der Waals surface area contributed by atoms with Crippen molar-refractivity contribution in [2.75, 3.05) is 25.7 Å². The fourth-order valence-corrected chi connectivity index (χ4v) is 2.12. The van der Waals surface area contributed by atoms with Crippen LogP contribution in [0.2, 0.25) is 0 Å². The summed E-state index contributed by atoms with van der Waals surface area (Å²) in [5.41, 5.74) is 3.43. The number of ether oxygens (including phenoxy) is 1. The van der Waals surface area contributed by atoms with E-state index in [1.807, 2.05) is 0 Å². The topological polar surface area (TPSA) is 32.7 Å². The van der Waals surface area contributed by atoms with Crippen LogP contribution in [-0.4, -0.2) is 31.4 Å². The Balaban J connectivity index is 3.13. The minimum absolute atomic E-state index is 0.0689. The second-order valence-corrected chi connectivity index (χ2v) is 5.45. The molecule has 3 heteroatoms. The normalized spacial score (nSPS) is 11.5. The molecule has 0 amide bonds. The van der Waals surface area contributed by atoms with Crippen LogP contribution in [0.15, 0.2) is 12.1 Å². The number of methoxy groups -OCH3 is 1.